The minimum Gasteiger partial charge on any atom is -0.351 e. The summed E-state index contributed by atoms with van der Waals surface area (Å²) in [5, 5.41) is 6.54. The molecule has 0 radical (unpaired) electrons. The number of alkyl halides is 3. The number of hydrogen-bond acceptors (Lipinski definition) is 5. The Morgan fingerprint density at radius 3 is 2.65 bits per heavy atom. The topological polar surface area (TPSA) is 88.3 Å². The number of nitrogens with one attached hydrogen (secondary N) is 1. The van der Waals surface area contributed by atoms with Crippen LogP contribution in [-0.4, -0.2) is 38.9 Å². The fourth-order valence-electron chi connectivity index (χ4n) is 4.49. The predicted octanol–water partition coefficient (Wildman–Crippen LogP) is 3.55. The van der Waals surface area contributed by atoms with Crippen molar-refractivity contribution >= 4 is 11.8 Å². The lowest BCUT2D eigenvalue weighted by Crippen LogP contribution is -2.53. The molecule has 3 aliphatic rings. The third-order valence-electron chi connectivity index (χ3n) is 6.27. The number of carbonyl (C=O) groups is 2. The summed E-state index contributed by atoms with van der Waals surface area (Å²) in [6.45, 7) is 0.412. The Morgan fingerprint density at radius 1 is 1.16 bits per heavy atom. The molecule has 2 aromatic rings. The lowest BCUT2D eigenvalue weighted by molar-refractivity contribution is -0.159. The van der Waals surface area contributed by atoms with Gasteiger partial charge in [-0.25, -0.2) is 0 Å². The van der Waals surface area contributed by atoms with E-state index in [-0.39, 0.29) is 41.2 Å². The van der Waals surface area contributed by atoms with E-state index in [2.05, 4.69) is 20.0 Å². The van der Waals surface area contributed by atoms with Gasteiger partial charge in [0.1, 0.15) is 0 Å². The van der Waals surface area contributed by atoms with E-state index in [4.69, 9.17) is 0 Å². The molecule has 1 aromatic carbocycles. The van der Waals surface area contributed by atoms with Crippen molar-refractivity contribution in [3.05, 3.63) is 35.2 Å². The quantitative estimate of drug-likeness (QED) is 0.795. The molecule has 2 atom stereocenters. The molecule has 2 heterocycles. The van der Waals surface area contributed by atoms with Gasteiger partial charge in [-0.15, -0.1) is 0 Å². The highest BCUT2D eigenvalue weighted by atomic mass is 19.4. The zero-order chi connectivity index (χ0) is 21.8. The fraction of sp³-hybridized carbons (Fsp3) is 0.524. The number of rotatable bonds is 4. The Balaban J connectivity index is 1.37. The summed E-state index contributed by atoms with van der Waals surface area (Å²) in [5.74, 6) is -1.65. The van der Waals surface area contributed by atoms with Crippen molar-refractivity contribution in [2.24, 2.45) is 5.92 Å². The average molecular weight is 434 g/mol. The molecule has 10 heteroatoms. The van der Waals surface area contributed by atoms with Crippen LogP contribution in [0.5, 0.6) is 0 Å². The van der Waals surface area contributed by atoms with E-state index in [0.29, 0.717) is 12.1 Å². The van der Waals surface area contributed by atoms with Gasteiger partial charge in [-0.05, 0) is 37.3 Å². The van der Waals surface area contributed by atoms with Crippen LogP contribution < -0.4 is 5.32 Å². The number of nitrogens with zero attached hydrogens (tertiary/aromatic N) is 3. The van der Waals surface area contributed by atoms with E-state index in [9.17, 15) is 22.8 Å². The third-order valence-corrected chi connectivity index (χ3v) is 6.27. The predicted molar refractivity (Wildman–Crippen MR) is 102 cm³/mol. The highest BCUT2D eigenvalue weighted by molar-refractivity contribution is 5.99. The summed E-state index contributed by atoms with van der Waals surface area (Å²) in [5.41, 5.74) is 1.51. The maximum absolute atomic E-state index is 13.2. The van der Waals surface area contributed by atoms with Gasteiger partial charge in [0.2, 0.25) is 11.7 Å². The molecule has 164 valence electrons. The maximum atomic E-state index is 13.2. The first-order valence-electron chi connectivity index (χ1n) is 10.5. The number of aromatic nitrogens is 2. The molecule has 0 bridgehead atoms. The summed E-state index contributed by atoms with van der Waals surface area (Å²) >= 11 is 0. The lowest BCUT2D eigenvalue weighted by atomic mass is 9.89. The van der Waals surface area contributed by atoms with Crippen molar-refractivity contribution in [2.45, 2.75) is 63.3 Å². The van der Waals surface area contributed by atoms with E-state index < -0.39 is 12.1 Å². The molecule has 0 saturated heterocycles. The van der Waals surface area contributed by atoms with Crippen LogP contribution in [0.4, 0.5) is 13.2 Å². The first kappa shape index (κ1) is 20.0. The van der Waals surface area contributed by atoms with Crippen molar-refractivity contribution in [2.75, 3.05) is 0 Å². The Labute approximate surface area is 176 Å². The number of fused-ring (bicyclic) bond motifs is 1. The summed E-state index contributed by atoms with van der Waals surface area (Å²) < 4.78 is 42.5. The molecular formula is C21H21F3N4O3. The summed E-state index contributed by atoms with van der Waals surface area (Å²) in [4.78, 5) is 30.7. The number of halogens is 3. The van der Waals surface area contributed by atoms with Crippen molar-refractivity contribution in [1.29, 1.82) is 0 Å². The van der Waals surface area contributed by atoms with Gasteiger partial charge in [0.25, 0.3) is 5.91 Å². The summed E-state index contributed by atoms with van der Waals surface area (Å²) in [7, 11) is 0. The van der Waals surface area contributed by atoms with Crippen molar-refractivity contribution in [1.82, 2.24) is 20.4 Å². The van der Waals surface area contributed by atoms with Crippen LogP contribution in [0.25, 0.3) is 11.4 Å². The fourth-order valence-corrected chi connectivity index (χ4v) is 4.49. The third kappa shape index (κ3) is 3.79. The van der Waals surface area contributed by atoms with Gasteiger partial charge in [-0.2, -0.15) is 18.2 Å². The molecule has 1 aliphatic heterocycles. The molecule has 2 fully saturated rings. The Kier molecular flexibility index (Phi) is 4.75. The van der Waals surface area contributed by atoms with Crippen LogP contribution in [0.15, 0.2) is 22.7 Å². The van der Waals surface area contributed by atoms with Gasteiger partial charge < -0.3 is 14.7 Å². The van der Waals surface area contributed by atoms with Crippen LogP contribution >= 0.6 is 0 Å². The first-order valence-corrected chi connectivity index (χ1v) is 10.5. The van der Waals surface area contributed by atoms with Crippen LogP contribution in [0.1, 0.15) is 60.3 Å². The maximum Gasteiger partial charge on any atom is 0.471 e. The van der Waals surface area contributed by atoms with E-state index in [1.165, 1.54) is 6.07 Å². The van der Waals surface area contributed by atoms with Crippen LogP contribution in [0.3, 0.4) is 0 Å². The van der Waals surface area contributed by atoms with Crippen molar-refractivity contribution in [3.8, 4) is 11.4 Å². The molecule has 2 amide bonds. The standard InChI is InChI=1S/C21H21F3N4O3/c22-21(23,24)20-26-17(27-31-20)12-7-8-13-10-28(19(30)14(13)9-12)16-4-2-1-3-15(16)25-18(29)11-5-6-11/h7-9,11,15-16H,1-6,10H2,(H,25,29)/t15-,16?/m0/s1. The van der Waals surface area contributed by atoms with Gasteiger partial charge in [-0.3, -0.25) is 9.59 Å². The van der Waals surface area contributed by atoms with Crippen LogP contribution in [0, 0.1) is 5.92 Å². The Morgan fingerprint density at radius 2 is 1.94 bits per heavy atom. The number of hydrogen-bond donors (Lipinski definition) is 1. The minimum atomic E-state index is -4.73. The molecule has 2 saturated carbocycles. The molecule has 2 aliphatic carbocycles. The van der Waals surface area contributed by atoms with E-state index >= 15 is 0 Å². The highest BCUT2D eigenvalue weighted by Crippen LogP contribution is 2.35. The monoisotopic (exact) mass is 434 g/mol. The van der Waals surface area contributed by atoms with Gasteiger partial charge in [0.15, 0.2) is 0 Å². The molecule has 7 nitrogen and oxygen atoms in total. The molecule has 5 rings (SSSR count). The minimum absolute atomic E-state index is 0.0703. The number of benzene rings is 1. The Hall–Kier alpha value is -2.91. The highest BCUT2D eigenvalue weighted by Gasteiger charge is 2.41. The van der Waals surface area contributed by atoms with Crippen molar-refractivity contribution < 1.29 is 27.3 Å². The van der Waals surface area contributed by atoms with Crippen LogP contribution in [-0.2, 0) is 17.5 Å². The van der Waals surface area contributed by atoms with Gasteiger partial charge >= 0.3 is 12.1 Å². The molecule has 31 heavy (non-hydrogen) atoms. The first-order chi connectivity index (χ1) is 14.8. The molecule has 1 unspecified atom stereocenters. The van der Waals surface area contributed by atoms with E-state index in [0.717, 1.165) is 44.1 Å². The van der Waals surface area contributed by atoms with Gasteiger partial charge in [0, 0.05) is 29.6 Å². The molecule has 1 N–H and O–H groups in total. The zero-order valence-corrected chi connectivity index (χ0v) is 16.6. The second-order valence-corrected chi connectivity index (χ2v) is 8.47. The summed E-state index contributed by atoms with van der Waals surface area (Å²) in [6.07, 6.45) is 0.743. The largest absolute Gasteiger partial charge is 0.471 e. The van der Waals surface area contributed by atoms with E-state index in [1.807, 2.05) is 0 Å². The SMILES string of the molecule is O=C(N[C@H]1CCCCC1N1Cc2ccc(-c3noc(C(F)(F)F)n3)cc2C1=O)C1CC1. The lowest BCUT2D eigenvalue weighted by Gasteiger charge is -2.38. The number of amides is 2. The second-order valence-electron chi connectivity index (χ2n) is 8.47. The molecule has 0 spiro atoms. The Bertz CT molecular complexity index is 1030. The molecular weight excluding hydrogens is 413 g/mol. The van der Waals surface area contributed by atoms with E-state index in [1.54, 1.807) is 17.0 Å². The zero-order valence-electron chi connectivity index (χ0n) is 16.6. The smallest absolute Gasteiger partial charge is 0.351 e. The summed E-state index contributed by atoms with van der Waals surface area (Å²) in [6, 6.07) is 4.65. The number of carbonyl (C=O) groups excluding carboxylic acids is 2. The van der Waals surface area contributed by atoms with Gasteiger partial charge in [-0.1, -0.05) is 30.1 Å². The van der Waals surface area contributed by atoms with Gasteiger partial charge in [0.05, 0.1) is 6.04 Å². The second kappa shape index (κ2) is 7.35. The normalized spacial score (nSPS) is 23.7. The average Bonchev–Trinajstić information content (AvgIpc) is 3.38. The van der Waals surface area contributed by atoms with Crippen molar-refractivity contribution in [3.63, 3.8) is 0 Å². The molecule has 1 aromatic heterocycles. The van der Waals surface area contributed by atoms with Crippen LogP contribution in [0.2, 0.25) is 0 Å².